The number of carbonyl (C=O) groups excluding carboxylic acids is 2. The molecule has 0 bridgehead atoms. The Morgan fingerprint density at radius 2 is 1.73 bits per heavy atom. The van der Waals surface area contributed by atoms with Crippen molar-refractivity contribution in [1.82, 2.24) is 15.2 Å². The summed E-state index contributed by atoms with van der Waals surface area (Å²) < 4.78 is 8.05. The number of amides is 2. The van der Waals surface area contributed by atoms with E-state index in [4.69, 9.17) is 16.3 Å². The van der Waals surface area contributed by atoms with E-state index in [1.807, 2.05) is 66.7 Å². The number of hydrogen-bond donors (Lipinski definition) is 2. The zero-order valence-corrected chi connectivity index (χ0v) is 21.5. The van der Waals surface area contributed by atoms with Crippen LogP contribution in [0.15, 0.2) is 78.9 Å². The normalized spacial score (nSPS) is 16.1. The highest BCUT2D eigenvalue weighted by Gasteiger charge is 2.34. The van der Waals surface area contributed by atoms with Crippen molar-refractivity contribution in [2.45, 2.75) is 32.1 Å². The van der Waals surface area contributed by atoms with Crippen molar-refractivity contribution in [2.75, 3.05) is 18.6 Å². The van der Waals surface area contributed by atoms with Gasteiger partial charge in [-0.3, -0.25) is 9.59 Å². The average Bonchev–Trinajstić information content (AvgIpc) is 3.11. The minimum Gasteiger partial charge on any atom is -0.489 e. The van der Waals surface area contributed by atoms with Gasteiger partial charge in [-0.25, -0.2) is 0 Å². The van der Waals surface area contributed by atoms with Crippen LogP contribution in [0.5, 0.6) is 5.75 Å². The topological polar surface area (TPSA) is 75.6 Å². The molecule has 8 heteroatoms. The van der Waals surface area contributed by atoms with Gasteiger partial charge in [-0.05, 0) is 37.7 Å². The molecule has 37 heavy (non-hydrogen) atoms. The van der Waals surface area contributed by atoms with Gasteiger partial charge in [0, 0.05) is 23.0 Å². The number of ether oxygens (including phenoxy) is 1. The highest BCUT2D eigenvalue weighted by Crippen LogP contribution is 2.37. The lowest BCUT2D eigenvalue weighted by Crippen LogP contribution is -2.53. The number of fused-ring (bicyclic) bond motifs is 2. The zero-order valence-electron chi connectivity index (χ0n) is 20.8. The highest BCUT2D eigenvalue weighted by atomic mass is 35.5. The van der Waals surface area contributed by atoms with Crippen LogP contribution in [0.2, 0.25) is 5.15 Å². The molecule has 1 aliphatic heterocycles. The van der Waals surface area contributed by atoms with E-state index in [1.165, 1.54) is 0 Å². The molecule has 0 saturated heterocycles. The zero-order chi connectivity index (χ0) is 25.9. The van der Waals surface area contributed by atoms with E-state index >= 15 is 0 Å². The minimum absolute atomic E-state index is 0.0397. The van der Waals surface area contributed by atoms with Crippen molar-refractivity contribution in [3.05, 3.63) is 95.1 Å². The Labute approximate surface area is 221 Å². The lowest BCUT2D eigenvalue weighted by molar-refractivity contribution is -0.129. The number of nitrogens with one attached hydrogen (secondary N) is 2. The maximum atomic E-state index is 13.9. The number of benzene rings is 3. The molecule has 3 aromatic carbocycles. The fourth-order valence-electron chi connectivity index (χ4n) is 4.62. The summed E-state index contributed by atoms with van der Waals surface area (Å²) in [5, 5.41) is 7.30. The Hall–Kier alpha value is -3.81. The van der Waals surface area contributed by atoms with E-state index in [0.717, 1.165) is 22.0 Å². The Balaban J connectivity index is 1.55. The van der Waals surface area contributed by atoms with E-state index in [0.29, 0.717) is 23.1 Å². The monoisotopic (exact) mass is 516 g/mol. The van der Waals surface area contributed by atoms with E-state index in [2.05, 4.69) is 27.3 Å². The number of carbonyl (C=O) groups is 2. The van der Waals surface area contributed by atoms with Crippen LogP contribution in [-0.2, 0) is 22.7 Å². The fourth-order valence-corrected chi connectivity index (χ4v) is 4.93. The van der Waals surface area contributed by atoms with Gasteiger partial charge in [-0.1, -0.05) is 72.3 Å². The summed E-state index contributed by atoms with van der Waals surface area (Å²) in [6.07, 6.45) is 0. The number of halogens is 1. The molecule has 0 fully saturated rings. The minimum atomic E-state index is -0.841. The number of para-hydroxylation sites is 3. The van der Waals surface area contributed by atoms with Crippen molar-refractivity contribution in [3.8, 4) is 5.75 Å². The summed E-state index contributed by atoms with van der Waals surface area (Å²) in [7, 11) is 1.70. The summed E-state index contributed by atoms with van der Waals surface area (Å²) >= 11 is 7.03. The van der Waals surface area contributed by atoms with Gasteiger partial charge in [0.1, 0.15) is 23.6 Å². The van der Waals surface area contributed by atoms with Crippen LogP contribution in [0.25, 0.3) is 10.9 Å². The third kappa shape index (κ3) is 4.92. The van der Waals surface area contributed by atoms with Crippen LogP contribution in [0.4, 0.5) is 5.69 Å². The van der Waals surface area contributed by atoms with Crippen LogP contribution in [0.1, 0.15) is 18.1 Å². The maximum Gasteiger partial charge on any atom is 0.253 e. The molecular formula is C29H29ClN4O3. The summed E-state index contributed by atoms with van der Waals surface area (Å²) in [6, 6.07) is 24.3. The smallest absolute Gasteiger partial charge is 0.253 e. The van der Waals surface area contributed by atoms with Crippen LogP contribution < -0.4 is 20.3 Å². The molecule has 2 N–H and O–H groups in total. The molecule has 0 spiro atoms. The number of nitrogens with zero attached hydrogens (tertiary/aromatic N) is 2. The molecule has 2 unspecified atom stereocenters. The van der Waals surface area contributed by atoms with Crippen LogP contribution >= 0.6 is 11.6 Å². The second-order valence-electron chi connectivity index (χ2n) is 9.13. The average molecular weight is 517 g/mol. The molecule has 2 amide bonds. The first kappa shape index (κ1) is 24.9. The van der Waals surface area contributed by atoms with E-state index in [1.54, 1.807) is 18.9 Å². The molecule has 2 atom stereocenters. The number of likely N-dealkylation sites (N-methyl/N-ethyl adjacent to an activating group) is 1. The van der Waals surface area contributed by atoms with Crippen molar-refractivity contribution in [3.63, 3.8) is 0 Å². The van der Waals surface area contributed by atoms with Crippen molar-refractivity contribution < 1.29 is 14.3 Å². The second-order valence-corrected chi connectivity index (χ2v) is 9.49. The molecule has 0 aliphatic carbocycles. The number of rotatable bonds is 7. The molecule has 1 aliphatic rings. The van der Waals surface area contributed by atoms with E-state index < -0.39 is 12.1 Å². The maximum absolute atomic E-state index is 13.9. The van der Waals surface area contributed by atoms with Crippen LogP contribution in [0.3, 0.4) is 0 Å². The molecule has 5 rings (SSSR count). The van der Waals surface area contributed by atoms with Gasteiger partial charge >= 0.3 is 0 Å². The van der Waals surface area contributed by atoms with Crippen LogP contribution in [0, 0.1) is 0 Å². The molecule has 190 valence electrons. The Morgan fingerprint density at radius 3 is 2.51 bits per heavy atom. The van der Waals surface area contributed by atoms with Crippen LogP contribution in [-0.4, -0.2) is 42.1 Å². The highest BCUT2D eigenvalue weighted by molar-refractivity contribution is 6.32. The molecule has 0 saturated carbocycles. The van der Waals surface area contributed by atoms with E-state index in [-0.39, 0.29) is 25.0 Å². The molecule has 7 nitrogen and oxygen atoms in total. The summed E-state index contributed by atoms with van der Waals surface area (Å²) in [5.41, 5.74) is 3.60. The molecule has 2 heterocycles. The lowest BCUT2D eigenvalue weighted by atomic mass is 10.1. The standard InChI is InChI=1S/C29H29ClN4O3/c1-19(31-2)28(35)32-23-18-37-26-15-9-8-14-25(26)34(29(23)36)17-22-21-12-6-7-13-24(21)33(27(22)30)16-20-10-4-3-5-11-20/h3-15,19,23,31H,16-18H2,1-2H3,(H,32,35). The van der Waals surface area contributed by atoms with Gasteiger partial charge in [-0.2, -0.15) is 0 Å². The predicted molar refractivity (Wildman–Crippen MR) is 146 cm³/mol. The molecule has 1 aromatic heterocycles. The van der Waals surface area contributed by atoms with Crippen molar-refractivity contribution in [1.29, 1.82) is 0 Å². The Bertz CT molecular complexity index is 1440. The van der Waals surface area contributed by atoms with Gasteiger partial charge in [0.05, 0.1) is 18.3 Å². The fraction of sp³-hybridized carbons (Fsp3) is 0.241. The van der Waals surface area contributed by atoms with E-state index in [9.17, 15) is 9.59 Å². The number of hydrogen-bond acceptors (Lipinski definition) is 4. The van der Waals surface area contributed by atoms with Gasteiger partial charge in [0.25, 0.3) is 5.91 Å². The second kappa shape index (κ2) is 10.7. The van der Waals surface area contributed by atoms with Crippen molar-refractivity contribution >= 4 is 40.0 Å². The first-order valence-corrected chi connectivity index (χ1v) is 12.7. The first-order valence-electron chi connectivity index (χ1n) is 12.3. The summed E-state index contributed by atoms with van der Waals surface area (Å²) in [4.78, 5) is 28.1. The quantitative estimate of drug-likeness (QED) is 0.383. The van der Waals surface area contributed by atoms with Gasteiger partial charge in [-0.15, -0.1) is 0 Å². The third-order valence-electron chi connectivity index (χ3n) is 6.77. The largest absolute Gasteiger partial charge is 0.489 e. The SMILES string of the molecule is CNC(C)C(=O)NC1COc2ccccc2N(Cc2c(Cl)n(Cc3ccccc3)c3ccccc23)C1=O. The lowest BCUT2D eigenvalue weighted by Gasteiger charge is -2.25. The Morgan fingerprint density at radius 1 is 1.03 bits per heavy atom. The van der Waals surface area contributed by atoms with Gasteiger partial charge < -0.3 is 24.8 Å². The third-order valence-corrected chi connectivity index (χ3v) is 7.21. The van der Waals surface area contributed by atoms with Gasteiger partial charge in [0.2, 0.25) is 5.91 Å². The number of anilines is 1. The Kier molecular flexibility index (Phi) is 7.17. The van der Waals surface area contributed by atoms with Crippen molar-refractivity contribution in [2.24, 2.45) is 0 Å². The predicted octanol–water partition coefficient (Wildman–Crippen LogP) is 4.36. The summed E-state index contributed by atoms with van der Waals surface area (Å²) in [6.45, 7) is 2.62. The number of aromatic nitrogens is 1. The molecule has 0 radical (unpaired) electrons. The summed E-state index contributed by atoms with van der Waals surface area (Å²) in [5.74, 6) is 0.0591. The molecular weight excluding hydrogens is 488 g/mol. The van der Waals surface area contributed by atoms with Gasteiger partial charge in [0.15, 0.2) is 0 Å². The molecule has 4 aromatic rings. The first-order chi connectivity index (χ1) is 18.0.